The second-order valence-corrected chi connectivity index (χ2v) is 5.76. The quantitative estimate of drug-likeness (QED) is 0.775. The van der Waals surface area contributed by atoms with Crippen molar-refractivity contribution in [3.63, 3.8) is 0 Å². The molecule has 1 fully saturated rings. The highest BCUT2D eigenvalue weighted by atomic mass is 16.5. The number of hydrogen-bond acceptors (Lipinski definition) is 3. The third-order valence-corrected chi connectivity index (χ3v) is 4.00. The SMILES string of the molecule is CCCNCc1ccccc1COC1CCN(C)CC1. The largest absolute Gasteiger partial charge is 0.373 e. The Hall–Kier alpha value is -0.900. The van der Waals surface area contributed by atoms with E-state index in [1.54, 1.807) is 0 Å². The molecule has 1 aliphatic rings. The van der Waals surface area contributed by atoms with Crippen molar-refractivity contribution >= 4 is 0 Å². The Bertz CT molecular complexity index is 386. The first-order valence-electron chi connectivity index (χ1n) is 7.87. The van der Waals surface area contributed by atoms with Gasteiger partial charge in [0.2, 0.25) is 0 Å². The van der Waals surface area contributed by atoms with Crippen molar-refractivity contribution in [3.8, 4) is 0 Å². The van der Waals surface area contributed by atoms with Crippen LogP contribution in [0.2, 0.25) is 0 Å². The number of nitrogens with one attached hydrogen (secondary N) is 1. The van der Waals surface area contributed by atoms with Gasteiger partial charge in [-0.1, -0.05) is 31.2 Å². The second kappa shape index (κ2) is 8.40. The van der Waals surface area contributed by atoms with Crippen LogP contribution in [0, 0.1) is 0 Å². The van der Waals surface area contributed by atoms with Gasteiger partial charge in [-0.15, -0.1) is 0 Å². The molecular formula is C17H28N2O. The smallest absolute Gasteiger partial charge is 0.0723 e. The summed E-state index contributed by atoms with van der Waals surface area (Å²) < 4.78 is 6.11. The van der Waals surface area contributed by atoms with E-state index in [0.29, 0.717) is 6.10 Å². The van der Waals surface area contributed by atoms with Crippen LogP contribution >= 0.6 is 0 Å². The summed E-state index contributed by atoms with van der Waals surface area (Å²) in [6, 6.07) is 8.62. The standard InChI is InChI=1S/C17H28N2O/c1-3-10-18-13-15-6-4-5-7-16(15)14-20-17-8-11-19(2)12-9-17/h4-7,17-18H,3,8-14H2,1-2H3. The highest BCUT2D eigenvalue weighted by molar-refractivity contribution is 5.26. The molecule has 2 rings (SSSR count). The van der Waals surface area contributed by atoms with Gasteiger partial charge in [-0.05, 0) is 44.0 Å². The zero-order valence-electron chi connectivity index (χ0n) is 12.9. The van der Waals surface area contributed by atoms with Crippen LogP contribution in [0.1, 0.15) is 37.3 Å². The van der Waals surface area contributed by atoms with E-state index >= 15 is 0 Å². The Kier molecular flexibility index (Phi) is 6.51. The summed E-state index contributed by atoms with van der Waals surface area (Å²) in [5.41, 5.74) is 2.70. The van der Waals surface area contributed by atoms with Crippen molar-refractivity contribution in [2.45, 2.75) is 45.4 Å². The van der Waals surface area contributed by atoms with E-state index in [1.807, 2.05) is 0 Å². The lowest BCUT2D eigenvalue weighted by atomic mass is 10.1. The van der Waals surface area contributed by atoms with Crippen molar-refractivity contribution in [1.82, 2.24) is 10.2 Å². The Labute approximate surface area is 123 Å². The van der Waals surface area contributed by atoms with Crippen LogP contribution in [0.25, 0.3) is 0 Å². The van der Waals surface area contributed by atoms with Crippen molar-refractivity contribution in [1.29, 1.82) is 0 Å². The summed E-state index contributed by atoms with van der Waals surface area (Å²) in [5, 5.41) is 3.47. The van der Waals surface area contributed by atoms with E-state index in [4.69, 9.17) is 4.74 Å². The molecule has 3 heteroatoms. The molecular weight excluding hydrogens is 248 g/mol. The van der Waals surface area contributed by atoms with Gasteiger partial charge in [0.05, 0.1) is 12.7 Å². The molecule has 0 radical (unpaired) electrons. The molecule has 0 aromatic heterocycles. The van der Waals surface area contributed by atoms with Gasteiger partial charge >= 0.3 is 0 Å². The molecule has 1 N–H and O–H groups in total. The maximum Gasteiger partial charge on any atom is 0.0723 e. The summed E-state index contributed by atoms with van der Waals surface area (Å²) in [4.78, 5) is 2.38. The molecule has 0 bridgehead atoms. The third kappa shape index (κ3) is 4.89. The lowest BCUT2D eigenvalue weighted by Gasteiger charge is -2.29. The molecule has 0 atom stereocenters. The molecule has 0 aliphatic carbocycles. The summed E-state index contributed by atoms with van der Waals surface area (Å²) in [6.07, 6.45) is 3.93. The normalized spacial score (nSPS) is 17.5. The average molecular weight is 276 g/mol. The van der Waals surface area contributed by atoms with E-state index < -0.39 is 0 Å². The lowest BCUT2D eigenvalue weighted by Crippen LogP contribution is -2.34. The van der Waals surface area contributed by atoms with Crippen molar-refractivity contribution in [2.24, 2.45) is 0 Å². The summed E-state index contributed by atoms with van der Waals surface area (Å²) >= 11 is 0. The molecule has 1 aromatic carbocycles. The van der Waals surface area contributed by atoms with Crippen LogP contribution in [-0.4, -0.2) is 37.7 Å². The maximum absolute atomic E-state index is 6.11. The van der Waals surface area contributed by atoms with Gasteiger partial charge in [-0.25, -0.2) is 0 Å². The number of nitrogens with zero attached hydrogens (tertiary/aromatic N) is 1. The minimum Gasteiger partial charge on any atom is -0.373 e. The predicted molar refractivity (Wildman–Crippen MR) is 83.7 cm³/mol. The number of benzene rings is 1. The average Bonchev–Trinajstić information content (AvgIpc) is 2.48. The zero-order valence-corrected chi connectivity index (χ0v) is 12.9. The predicted octanol–water partition coefficient (Wildman–Crippen LogP) is 2.80. The number of piperidine rings is 1. The Morgan fingerprint density at radius 1 is 1.20 bits per heavy atom. The molecule has 1 saturated heterocycles. The number of likely N-dealkylation sites (tertiary alicyclic amines) is 1. The highest BCUT2D eigenvalue weighted by Crippen LogP contribution is 2.16. The molecule has 0 saturated carbocycles. The number of rotatable bonds is 7. The highest BCUT2D eigenvalue weighted by Gasteiger charge is 2.17. The second-order valence-electron chi connectivity index (χ2n) is 5.76. The van der Waals surface area contributed by atoms with Crippen molar-refractivity contribution in [2.75, 3.05) is 26.7 Å². The maximum atomic E-state index is 6.11. The van der Waals surface area contributed by atoms with Crippen LogP contribution < -0.4 is 5.32 Å². The summed E-state index contributed by atoms with van der Waals surface area (Å²) in [6.45, 7) is 7.28. The molecule has 0 spiro atoms. The molecule has 0 amide bonds. The van der Waals surface area contributed by atoms with Crippen LogP contribution in [-0.2, 0) is 17.9 Å². The monoisotopic (exact) mass is 276 g/mol. The number of hydrogen-bond donors (Lipinski definition) is 1. The molecule has 0 unspecified atom stereocenters. The molecule has 1 aromatic rings. The van der Waals surface area contributed by atoms with Gasteiger partial charge in [-0.2, -0.15) is 0 Å². The Balaban J connectivity index is 1.82. The molecule has 112 valence electrons. The molecule has 1 heterocycles. The molecule has 1 aliphatic heterocycles. The summed E-state index contributed by atoms with van der Waals surface area (Å²) in [7, 11) is 2.19. The van der Waals surface area contributed by atoms with Gasteiger partial charge in [0.1, 0.15) is 0 Å². The van der Waals surface area contributed by atoms with Gasteiger partial charge in [0, 0.05) is 19.6 Å². The fourth-order valence-corrected chi connectivity index (χ4v) is 2.63. The van der Waals surface area contributed by atoms with E-state index in [9.17, 15) is 0 Å². The van der Waals surface area contributed by atoms with Crippen LogP contribution in [0.4, 0.5) is 0 Å². The van der Waals surface area contributed by atoms with E-state index in [2.05, 4.69) is 48.5 Å². The Morgan fingerprint density at radius 2 is 1.90 bits per heavy atom. The minimum absolute atomic E-state index is 0.433. The van der Waals surface area contributed by atoms with Gasteiger partial charge in [-0.3, -0.25) is 0 Å². The summed E-state index contributed by atoms with van der Waals surface area (Å²) in [5.74, 6) is 0. The first-order valence-corrected chi connectivity index (χ1v) is 7.87. The van der Waals surface area contributed by atoms with Gasteiger partial charge in [0.15, 0.2) is 0 Å². The van der Waals surface area contributed by atoms with E-state index in [0.717, 1.165) is 45.6 Å². The molecule has 3 nitrogen and oxygen atoms in total. The topological polar surface area (TPSA) is 24.5 Å². The fourth-order valence-electron chi connectivity index (χ4n) is 2.63. The fraction of sp³-hybridized carbons (Fsp3) is 0.647. The third-order valence-electron chi connectivity index (χ3n) is 4.00. The zero-order chi connectivity index (χ0) is 14.2. The van der Waals surface area contributed by atoms with Crippen LogP contribution in [0.3, 0.4) is 0 Å². The van der Waals surface area contributed by atoms with Gasteiger partial charge < -0.3 is 15.0 Å². The Morgan fingerprint density at radius 3 is 2.60 bits per heavy atom. The van der Waals surface area contributed by atoms with Crippen LogP contribution in [0.15, 0.2) is 24.3 Å². The first kappa shape index (κ1) is 15.5. The van der Waals surface area contributed by atoms with Crippen LogP contribution in [0.5, 0.6) is 0 Å². The first-order chi connectivity index (χ1) is 9.79. The van der Waals surface area contributed by atoms with Crippen molar-refractivity contribution < 1.29 is 4.74 Å². The minimum atomic E-state index is 0.433. The lowest BCUT2D eigenvalue weighted by molar-refractivity contribution is 0.00184. The van der Waals surface area contributed by atoms with E-state index in [1.165, 1.54) is 17.5 Å². The number of ether oxygens (including phenoxy) is 1. The van der Waals surface area contributed by atoms with Gasteiger partial charge in [0.25, 0.3) is 0 Å². The van der Waals surface area contributed by atoms with Crippen molar-refractivity contribution in [3.05, 3.63) is 35.4 Å². The molecule has 20 heavy (non-hydrogen) atoms. The van der Waals surface area contributed by atoms with E-state index in [-0.39, 0.29) is 0 Å².